The van der Waals surface area contributed by atoms with Gasteiger partial charge in [0.05, 0.1) is 12.1 Å². The minimum absolute atomic E-state index is 0.00237. The molecule has 1 aromatic rings. The van der Waals surface area contributed by atoms with E-state index >= 15 is 0 Å². The average Bonchev–Trinajstić information content (AvgIpc) is 2.85. The molecule has 1 unspecified atom stereocenters. The molecule has 3 amide bonds. The molecule has 1 aliphatic heterocycles. The summed E-state index contributed by atoms with van der Waals surface area (Å²) in [6, 6.07) is 7.00. The van der Waals surface area contributed by atoms with Gasteiger partial charge in [0.15, 0.2) is 0 Å². The van der Waals surface area contributed by atoms with E-state index in [4.69, 9.17) is 0 Å². The molecule has 1 saturated heterocycles. The van der Waals surface area contributed by atoms with Crippen molar-refractivity contribution in [3.63, 3.8) is 0 Å². The maximum Gasteiger partial charge on any atom is 0.257 e. The molecule has 5 heteroatoms. The maximum absolute atomic E-state index is 13.5. The van der Waals surface area contributed by atoms with E-state index in [0.29, 0.717) is 18.0 Å². The molecule has 0 spiro atoms. The largest absolute Gasteiger partial charge is 0.327 e. The normalized spacial score (nSPS) is 21.0. The molecule has 0 aromatic heterocycles. The van der Waals surface area contributed by atoms with Gasteiger partial charge in [-0.15, -0.1) is 0 Å². The summed E-state index contributed by atoms with van der Waals surface area (Å²) in [5.74, 6) is -0.0848. The molecule has 2 aliphatic rings. The van der Waals surface area contributed by atoms with Crippen molar-refractivity contribution in [1.82, 2.24) is 4.90 Å². The molecule has 5 nitrogen and oxygen atoms in total. The van der Waals surface area contributed by atoms with Crippen molar-refractivity contribution in [2.24, 2.45) is 5.41 Å². The Bertz CT molecular complexity index is 799. The SMILES string of the molecule is CC(C)c1ccc(N2C(=O)CC(N(C(=O)CC(C)(C)C)C3CCCCCC3)C2=O)cc1. The second-order valence-electron chi connectivity index (χ2n) is 10.7. The lowest BCUT2D eigenvalue weighted by atomic mass is 9.90. The van der Waals surface area contributed by atoms with Gasteiger partial charge in [0.1, 0.15) is 6.04 Å². The van der Waals surface area contributed by atoms with E-state index in [-0.39, 0.29) is 35.6 Å². The number of carbonyl (C=O) groups excluding carboxylic acids is 3. The molecule has 170 valence electrons. The van der Waals surface area contributed by atoms with Crippen molar-refractivity contribution in [1.29, 1.82) is 0 Å². The smallest absolute Gasteiger partial charge is 0.257 e. The van der Waals surface area contributed by atoms with Gasteiger partial charge in [-0.25, -0.2) is 4.90 Å². The first-order valence-electron chi connectivity index (χ1n) is 11.9. The van der Waals surface area contributed by atoms with Gasteiger partial charge in [-0.2, -0.15) is 0 Å². The van der Waals surface area contributed by atoms with E-state index in [1.54, 1.807) is 4.90 Å². The van der Waals surface area contributed by atoms with Crippen LogP contribution in [0.15, 0.2) is 24.3 Å². The van der Waals surface area contributed by atoms with Crippen LogP contribution in [0.5, 0.6) is 0 Å². The van der Waals surface area contributed by atoms with Gasteiger partial charge in [-0.1, -0.05) is 72.4 Å². The minimum atomic E-state index is -0.685. The number of anilines is 1. The molecule has 1 heterocycles. The number of amides is 3. The van der Waals surface area contributed by atoms with Crippen molar-refractivity contribution in [3.05, 3.63) is 29.8 Å². The lowest BCUT2D eigenvalue weighted by Crippen LogP contribution is -2.51. The number of hydrogen-bond donors (Lipinski definition) is 0. The molecule has 0 bridgehead atoms. The number of benzene rings is 1. The van der Waals surface area contributed by atoms with E-state index in [9.17, 15) is 14.4 Å². The summed E-state index contributed by atoms with van der Waals surface area (Å²) in [6.07, 6.45) is 6.77. The van der Waals surface area contributed by atoms with Crippen molar-refractivity contribution < 1.29 is 14.4 Å². The Morgan fingerprint density at radius 2 is 1.61 bits per heavy atom. The summed E-state index contributed by atoms with van der Waals surface area (Å²) in [4.78, 5) is 42.9. The van der Waals surface area contributed by atoms with Gasteiger partial charge in [-0.3, -0.25) is 14.4 Å². The van der Waals surface area contributed by atoms with Gasteiger partial charge in [0.25, 0.3) is 5.91 Å². The minimum Gasteiger partial charge on any atom is -0.327 e. The molecule has 1 aromatic carbocycles. The number of rotatable bonds is 5. The standard InChI is InChI=1S/C26H38N2O3/c1-18(2)19-12-14-21(15-13-19)28-23(29)16-22(25(28)31)27(24(30)17-26(3,4)5)20-10-8-6-7-9-11-20/h12-15,18,20,22H,6-11,16-17H2,1-5H3. The van der Waals surface area contributed by atoms with Gasteiger partial charge in [0, 0.05) is 12.5 Å². The van der Waals surface area contributed by atoms with Crippen molar-refractivity contribution >= 4 is 23.4 Å². The van der Waals surface area contributed by atoms with Gasteiger partial charge in [-0.05, 0) is 41.9 Å². The fraction of sp³-hybridized carbons (Fsp3) is 0.654. The van der Waals surface area contributed by atoms with Gasteiger partial charge >= 0.3 is 0 Å². The topological polar surface area (TPSA) is 57.7 Å². The van der Waals surface area contributed by atoms with Crippen LogP contribution >= 0.6 is 0 Å². The third-order valence-corrected chi connectivity index (χ3v) is 6.46. The summed E-state index contributed by atoms with van der Waals surface area (Å²) in [5, 5.41) is 0. The van der Waals surface area contributed by atoms with Crippen LogP contribution in [0, 0.1) is 5.41 Å². The molecular weight excluding hydrogens is 388 g/mol. The molecule has 31 heavy (non-hydrogen) atoms. The van der Waals surface area contributed by atoms with Crippen LogP contribution in [0.2, 0.25) is 0 Å². The highest BCUT2D eigenvalue weighted by Crippen LogP contribution is 2.33. The van der Waals surface area contributed by atoms with E-state index in [1.165, 1.54) is 23.3 Å². The number of carbonyl (C=O) groups is 3. The Labute approximate surface area is 187 Å². The Kier molecular flexibility index (Phi) is 7.23. The first kappa shape index (κ1) is 23.5. The summed E-state index contributed by atoms with van der Waals surface area (Å²) < 4.78 is 0. The summed E-state index contributed by atoms with van der Waals surface area (Å²) in [7, 11) is 0. The molecule has 1 aliphatic carbocycles. The van der Waals surface area contributed by atoms with Crippen LogP contribution in [0.3, 0.4) is 0 Å². The van der Waals surface area contributed by atoms with Crippen LogP contribution in [0.4, 0.5) is 5.69 Å². The molecule has 1 atom stereocenters. The zero-order valence-electron chi connectivity index (χ0n) is 19.8. The highest BCUT2D eigenvalue weighted by Gasteiger charge is 2.46. The molecule has 0 radical (unpaired) electrons. The fourth-order valence-corrected chi connectivity index (χ4v) is 4.83. The van der Waals surface area contributed by atoms with E-state index in [0.717, 1.165) is 25.7 Å². The van der Waals surface area contributed by atoms with Crippen LogP contribution in [-0.4, -0.2) is 34.7 Å². The highest BCUT2D eigenvalue weighted by molar-refractivity contribution is 6.23. The monoisotopic (exact) mass is 426 g/mol. The second kappa shape index (κ2) is 9.54. The van der Waals surface area contributed by atoms with Crippen molar-refractivity contribution in [2.75, 3.05) is 4.90 Å². The first-order valence-corrected chi connectivity index (χ1v) is 11.9. The average molecular weight is 427 g/mol. The van der Waals surface area contributed by atoms with E-state index in [1.807, 2.05) is 45.0 Å². The third kappa shape index (κ3) is 5.55. The van der Waals surface area contributed by atoms with Crippen molar-refractivity contribution in [3.8, 4) is 0 Å². The number of hydrogen-bond acceptors (Lipinski definition) is 3. The number of imide groups is 1. The first-order chi connectivity index (χ1) is 14.6. The Morgan fingerprint density at radius 3 is 2.13 bits per heavy atom. The quantitative estimate of drug-likeness (QED) is 0.466. The lowest BCUT2D eigenvalue weighted by Gasteiger charge is -2.36. The molecule has 3 rings (SSSR count). The summed E-state index contributed by atoms with van der Waals surface area (Å²) in [5.41, 5.74) is 1.60. The maximum atomic E-state index is 13.5. The van der Waals surface area contributed by atoms with Crippen LogP contribution in [0.25, 0.3) is 0 Å². The zero-order valence-corrected chi connectivity index (χ0v) is 19.8. The Hall–Kier alpha value is -2.17. The highest BCUT2D eigenvalue weighted by atomic mass is 16.2. The zero-order chi connectivity index (χ0) is 22.8. The predicted molar refractivity (Wildman–Crippen MR) is 124 cm³/mol. The molecule has 0 N–H and O–H groups in total. The van der Waals surface area contributed by atoms with E-state index in [2.05, 4.69) is 13.8 Å². The van der Waals surface area contributed by atoms with Gasteiger partial charge in [0.2, 0.25) is 11.8 Å². The second-order valence-corrected chi connectivity index (χ2v) is 10.7. The Morgan fingerprint density at radius 1 is 1.03 bits per heavy atom. The number of nitrogens with zero attached hydrogens (tertiary/aromatic N) is 2. The molecule has 1 saturated carbocycles. The predicted octanol–water partition coefficient (Wildman–Crippen LogP) is 5.43. The van der Waals surface area contributed by atoms with Gasteiger partial charge < -0.3 is 4.90 Å². The fourth-order valence-electron chi connectivity index (χ4n) is 4.83. The van der Waals surface area contributed by atoms with E-state index < -0.39 is 6.04 Å². The van der Waals surface area contributed by atoms with Crippen molar-refractivity contribution in [2.45, 2.75) is 104 Å². The van der Waals surface area contributed by atoms with Crippen LogP contribution in [0.1, 0.15) is 97.5 Å². The third-order valence-electron chi connectivity index (χ3n) is 6.46. The summed E-state index contributed by atoms with van der Waals surface area (Å²) >= 11 is 0. The molecular formula is C26H38N2O3. The van der Waals surface area contributed by atoms with Crippen LogP contribution < -0.4 is 4.90 Å². The lowest BCUT2D eigenvalue weighted by molar-refractivity contribution is -0.143. The van der Waals surface area contributed by atoms with Crippen LogP contribution in [-0.2, 0) is 14.4 Å². The Balaban J connectivity index is 1.89. The summed E-state index contributed by atoms with van der Waals surface area (Å²) in [6.45, 7) is 10.4. The molecule has 2 fully saturated rings.